The van der Waals surface area contributed by atoms with Crippen LogP contribution in [0.3, 0.4) is 0 Å². The molecule has 0 aliphatic heterocycles. The molecular formula is C9H12N2S. The number of nitriles is 2. The normalized spacial score (nSPS) is 9.50. The Labute approximate surface area is 77.9 Å². The fourth-order valence-corrected chi connectivity index (χ4v) is 1.31. The second-order valence-electron chi connectivity index (χ2n) is 2.20. The summed E-state index contributed by atoms with van der Waals surface area (Å²) in [5, 5.41) is 18.4. The Hall–Kier alpha value is -0.930. The molecule has 0 bridgehead atoms. The lowest BCUT2D eigenvalue weighted by molar-refractivity contribution is 0.983. The molecule has 0 saturated heterocycles. The third-order valence-corrected chi connectivity index (χ3v) is 2.08. The van der Waals surface area contributed by atoms with Crippen LogP contribution in [-0.2, 0) is 0 Å². The third-order valence-electron chi connectivity index (χ3n) is 1.17. The molecule has 0 atom stereocenters. The van der Waals surface area contributed by atoms with E-state index in [2.05, 4.69) is 12.1 Å². The van der Waals surface area contributed by atoms with Gasteiger partial charge in [-0.3, -0.25) is 0 Å². The molecule has 0 N–H and O–H groups in total. The average Bonchev–Trinajstić information content (AvgIpc) is 2.10. The summed E-state index contributed by atoms with van der Waals surface area (Å²) >= 11 is 1.70. The van der Waals surface area contributed by atoms with Crippen LogP contribution in [0.2, 0.25) is 0 Å². The zero-order valence-electron chi connectivity index (χ0n) is 6.99. The highest BCUT2D eigenvalue weighted by atomic mass is 32.2. The Balaban J connectivity index is 3.05. The number of thioether (sulfide) groups is 1. The SMILES string of the molecule is N#CCCC=CSCCCC#N. The molecule has 0 saturated carbocycles. The van der Waals surface area contributed by atoms with Gasteiger partial charge in [0.2, 0.25) is 0 Å². The molecule has 0 fully saturated rings. The van der Waals surface area contributed by atoms with Gasteiger partial charge < -0.3 is 0 Å². The second kappa shape index (κ2) is 10.1. The van der Waals surface area contributed by atoms with Gasteiger partial charge >= 0.3 is 0 Å². The number of nitrogens with zero attached hydrogens (tertiary/aromatic N) is 2. The standard InChI is InChI=1S/C9H12N2S/c10-6-2-1-4-8-12-9-5-3-7-11/h4,8H,1-3,5,9H2. The minimum Gasteiger partial charge on any atom is -0.198 e. The zero-order chi connectivity index (χ0) is 9.07. The summed E-state index contributed by atoms with van der Waals surface area (Å²) in [4.78, 5) is 0. The van der Waals surface area contributed by atoms with Crippen LogP contribution in [0.25, 0.3) is 0 Å². The van der Waals surface area contributed by atoms with Gasteiger partial charge in [-0.25, -0.2) is 0 Å². The highest BCUT2D eigenvalue weighted by Gasteiger charge is 1.84. The largest absolute Gasteiger partial charge is 0.198 e. The fraction of sp³-hybridized carbons (Fsp3) is 0.556. The molecular weight excluding hydrogens is 168 g/mol. The van der Waals surface area contributed by atoms with E-state index < -0.39 is 0 Å². The maximum atomic E-state index is 8.23. The molecule has 64 valence electrons. The predicted octanol–water partition coefficient (Wildman–Crippen LogP) is 2.84. The lowest BCUT2D eigenvalue weighted by atomic mass is 10.3. The van der Waals surface area contributed by atoms with Crippen LogP contribution >= 0.6 is 11.8 Å². The molecule has 2 nitrogen and oxygen atoms in total. The summed E-state index contributed by atoms with van der Waals surface area (Å²) in [7, 11) is 0. The molecule has 0 aliphatic rings. The van der Waals surface area contributed by atoms with Crippen molar-refractivity contribution in [3.05, 3.63) is 11.5 Å². The lowest BCUT2D eigenvalue weighted by Crippen LogP contribution is -1.74. The summed E-state index contributed by atoms with van der Waals surface area (Å²) in [5.41, 5.74) is 0. The van der Waals surface area contributed by atoms with Gasteiger partial charge in [0.25, 0.3) is 0 Å². The van der Waals surface area contributed by atoms with E-state index in [1.807, 2.05) is 11.5 Å². The minimum absolute atomic E-state index is 0.593. The molecule has 0 rings (SSSR count). The van der Waals surface area contributed by atoms with Crippen molar-refractivity contribution < 1.29 is 0 Å². The van der Waals surface area contributed by atoms with Gasteiger partial charge in [0.05, 0.1) is 12.1 Å². The molecule has 0 aromatic carbocycles. The van der Waals surface area contributed by atoms with Crippen LogP contribution in [0.5, 0.6) is 0 Å². The maximum absolute atomic E-state index is 8.23. The molecule has 0 aliphatic carbocycles. The molecule has 0 radical (unpaired) electrons. The Bertz CT molecular complexity index is 198. The number of hydrogen-bond donors (Lipinski definition) is 0. The van der Waals surface area contributed by atoms with Gasteiger partial charge in [-0.1, -0.05) is 6.08 Å². The molecule has 12 heavy (non-hydrogen) atoms. The van der Waals surface area contributed by atoms with Crippen molar-refractivity contribution in [1.29, 1.82) is 10.5 Å². The van der Waals surface area contributed by atoms with Crippen molar-refractivity contribution in [3.8, 4) is 12.1 Å². The first-order valence-corrected chi connectivity index (χ1v) is 4.97. The van der Waals surface area contributed by atoms with E-state index in [9.17, 15) is 0 Å². The van der Waals surface area contributed by atoms with Crippen molar-refractivity contribution in [1.82, 2.24) is 0 Å². The van der Waals surface area contributed by atoms with Crippen molar-refractivity contribution >= 4 is 11.8 Å². The van der Waals surface area contributed by atoms with E-state index in [1.165, 1.54) is 0 Å². The van der Waals surface area contributed by atoms with E-state index in [4.69, 9.17) is 10.5 Å². The highest BCUT2D eigenvalue weighted by molar-refractivity contribution is 8.02. The lowest BCUT2D eigenvalue weighted by Gasteiger charge is -1.89. The summed E-state index contributed by atoms with van der Waals surface area (Å²) in [6, 6.07) is 4.17. The van der Waals surface area contributed by atoms with Crippen LogP contribution in [0, 0.1) is 22.7 Å². The van der Waals surface area contributed by atoms with Gasteiger partial charge in [-0.05, 0) is 24.0 Å². The van der Waals surface area contributed by atoms with Crippen LogP contribution in [0.4, 0.5) is 0 Å². The fourth-order valence-electron chi connectivity index (χ4n) is 0.587. The summed E-state index contributed by atoms with van der Waals surface area (Å²) in [5.74, 6) is 0.997. The van der Waals surface area contributed by atoms with Crippen molar-refractivity contribution in [2.75, 3.05) is 5.75 Å². The van der Waals surface area contributed by atoms with Gasteiger partial charge in [0.15, 0.2) is 0 Å². The Morgan fingerprint density at radius 3 is 2.58 bits per heavy atom. The first-order chi connectivity index (χ1) is 5.91. The smallest absolute Gasteiger partial charge is 0.0625 e. The number of hydrogen-bond acceptors (Lipinski definition) is 3. The number of unbranched alkanes of at least 4 members (excludes halogenated alkanes) is 2. The van der Waals surface area contributed by atoms with E-state index >= 15 is 0 Å². The van der Waals surface area contributed by atoms with E-state index in [1.54, 1.807) is 11.8 Å². The third kappa shape index (κ3) is 9.07. The van der Waals surface area contributed by atoms with E-state index in [0.717, 1.165) is 18.6 Å². The first-order valence-electron chi connectivity index (χ1n) is 3.92. The summed E-state index contributed by atoms with van der Waals surface area (Å²) in [6.07, 6.45) is 5.01. The Morgan fingerprint density at radius 2 is 1.92 bits per heavy atom. The van der Waals surface area contributed by atoms with Crippen LogP contribution in [0.15, 0.2) is 11.5 Å². The van der Waals surface area contributed by atoms with Crippen molar-refractivity contribution in [2.45, 2.75) is 25.7 Å². The number of allylic oxidation sites excluding steroid dienone is 1. The molecule has 0 heterocycles. The van der Waals surface area contributed by atoms with Gasteiger partial charge in [0.1, 0.15) is 0 Å². The molecule has 3 heteroatoms. The average molecular weight is 180 g/mol. The highest BCUT2D eigenvalue weighted by Crippen LogP contribution is 2.06. The molecule has 0 spiro atoms. The number of rotatable bonds is 6. The van der Waals surface area contributed by atoms with Crippen molar-refractivity contribution in [2.24, 2.45) is 0 Å². The summed E-state index contributed by atoms with van der Waals surface area (Å²) in [6.45, 7) is 0. The summed E-state index contributed by atoms with van der Waals surface area (Å²) < 4.78 is 0. The Morgan fingerprint density at radius 1 is 1.17 bits per heavy atom. The maximum Gasteiger partial charge on any atom is 0.0625 e. The molecule has 0 unspecified atom stereocenters. The first kappa shape index (κ1) is 11.1. The van der Waals surface area contributed by atoms with Crippen LogP contribution in [-0.4, -0.2) is 5.75 Å². The minimum atomic E-state index is 0.593. The van der Waals surface area contributed by atoms with Gasteiger partial charge in [0, 0.05) is 12.8 Å². The van der Waals surface area contributed by atoms with E-state index in [0.29, 0.717) is 12.8 Å². The predicted molar refractivity (Wildman–Crippen MR) is 51.3 cm³/mol. The molecule has 0 aromatic rings. The molecule has 0 aromatic heterocycles. The second-order valence-corrected chi connectivity index (χ2v) is 3.21. The Kier molecular flexibility index (Phi) is 9.29. The van der Waals surface area contributed by atoms with Gasteiger partial charge in [-0.15, -0.1) is 11.8 Å². The topological polar surface area (TPSA) is 47.6 Å². The van der Waals surface area contributed by atoms with Gasteiger partial charge in [-0.2, -0.15) is 10.5 Å². The zero-order valence-corrected chi connectivity index (χ0v) is 7.81. The van der Waals surface area contributed by atoms with E-state index in [-0.39, 0.29) is 0 Å². The van der Waals surface area contributed by atoms with Crippen molar-refractivity contribution in [3.63, 3.8) is 0 Å². The molecule has 0 amide bonds. The van der Waals surface area contributed by atoms with Crippen LogP contribution in [0.1, 0.15) is 25.7 Å². The quantitative estimate of drug-likeness (QED) is 0.590. The van der Waals surface area contributed by atoms with Crippen LogP contribution < -0.4 is 0 Å². The monoisotopic (exact) mass is 180 g/mol.